The van der Waals surface area contributed by atoms with Crippen molar-refractivity contribution in [2.75, 3.05) is 6.61 Å². The summed E-state index contributed by atoms with van der Waals surface area (Å²) in [4.78, 5) is 11.0. The molecule has 3 aromatic rings. The number of aromatic nitrogens is 2. The lowest BCUT2D eigenvalue weighted by Crippen LogP contribution is -2.37. The van der Waals surface area contributed by atoms with Gasteiger partial charge >= 0.3 is 0 Å². The summed E-state index contributed by atoms with van der Waals surface area (Å²) in [6.45, 7) is 4.34. The van der Waals surface area contributed by atoms with E-state index in [1.807, 2.05) is 37.3 Å². The van der Waals surface area contributed by atoms with Crippen LogP contribution in [-0.4, -0.2) is 21.3 Å². The van der Waals surface area contributed by atoms with Gasteiger partial charge in [0.1, 0.15) is 12.4 Å². The van der Waals surface area contributed by atoms with Gasteiger partial charge in [0, 0.05) is 23.3 Å². The van der Waals surface area contributed by atoms with Gasteiger partial charge in [-0.25, -0.2) is 4.68 Å². The van der Waals surface area contributed by atoms with Crippen LogP contribution in [-0.2, 0) is 5.41 Å². The fraction of sp³-hybridized carbons (Fsp3) is 0.190. The van der Waals surface area contributed by atoms with E-state index in [2.05, 4.69) is 6.92 Å². The molecule has 0 N–H and O–H groups in total. The van der Waals surface area contributed by atoms with Gasteiger partial charge in [0.15, 0.2) is 0 Å². The molecule has 3 heterocycles. The predicted octanol–water partition coefficient (Wildman–Crippen LogP) is 4.06. The number of rotatable bonds is 2. The van der Waals surface area contributed by atoms with E-state index < -0.39 is 5.41 Å². The lowest BCUT2D eigenvalue weighted by atomic mass is 9.68. The molecule has 7 nitrogen and oxygen atoms in total. The Balaban J connectivity index is 1.77. The molecule has 140 valence electrons. The highest BCUT2D eigenvalue weighted by atomic mass is 16.6. The Labute approximate surface area is 161 Å². The van der Waals surface area contributed by atoms with E-state index >= 15 is 0 Å². The van der Waals surface area contributed by atoms with Gasteiger partial charge in [-0.15, -0.1) is 0 Å². The van der Waals surface area contributed by atoms with Gasteiger partial charge in [-0.05, 0) is 32.0 Å². The summed E-state index contributed by atoms with van der Waals surface area (Å²) >= 11 is 0. The van der Waals surface area contributed by atoms with Crippen molar-refractivity contribution < 1.29 is 14.4 Å². The van der Waals surface area contributed by atoms with Gasteiger partial charge in [0.05, 0.1) is 33.5 Å². The molecule has 0 saturated heterocycles. The highest BCUT2D eigenvalue weighted by molar-refractivity contribution is 5.64. The fourth-order valence-electron chi connectivity index (χ4n) is 4.13. The topological polar surface area (TPSA) is 79.4 Å². The third-order valence-electron chi connectivity index (χ3n) is 5.57. The van der Waals surface area contributed by atoms with Crippen LogP contribution < -0.4 is 9.47 Å². The number of aryl methyl sites for hydroxylation is 1. The number of non-ortho nitro benzene ring substituents is 1. The molecular formula is C21H17N3O4. The van der Waals surface area contributed by atoms with Crippen LogP contribution in [0.4, 0.5) is 5.69 Å². The Kier molecular flexibility index (Phi) is 3.37. The second-order valence-electron chi connectivity index (χ2n) is 7.13. The Morgan fingerprint density at radius 2 is 2.00 bits per heavy atom. The smallest absolute Gasteiger partial charge is 0.270 e. The van der Waals surface area contributed by atoms with E-state index in [1.165, 1.54) is 6.07 Å². The summed E-state index contributed by atoms with van der Waals surface area (Å²) in [7, 11) is 0. The first-order chi connectivity index (χ1) is 13.5. The average molecular weight is 375 g/mol. The maximum atomic E-state index is 11.4. The van der Waals surface area contributed by atoms with Crippen LogP contribution in [0.15, 0.2) is 60.4 Å². The highest BCUT2D eigenvalue weighted by Gasteiger charge is 2.47. The largest absolute Gasteiger partial charge is 0.489 e. The molecule has 0 spiro atoms. The second-order valence-corrected chi connectivity index (χ2v) is 7.13. The zero-order valence-electron chi connectivity index (χ0n) is 15.4. The summed E-state index contributed by atoms with van der Waals surface area (Å²) in [5.41, 5.74) is 3.67. The first-order valence-electron chi connectivity index (χ1n) is 8.93. The number of fused-ring (bicyclic) bond motifs is 5. The van der Waals surface area contributed by atoms with E-state index in [0.29, 0.717) is 18.2 Å². The lowest BCUT2D eigenvalue weighted by molar-refractivity contribution is -0.385. The zero-order chi connectivity index (χ0) is 19.5. The standard InChI is InChI=1S/C21H17N3O4/c1-13-19-20(23(22-13)15-6-4-3-5-7-15)28-12-14-11-27-18-9-8-16(24(25)26)10-17(18)21(14,19)2/h3-10,12H,11H2,1-2H3. The van der Waals surface area contributed by atoms with Crippen molar-refractivity contribution in [2.24, 2.45) is 0 Å². The molecule has 2 aliphatic rings. The summed E-state index contributed by atoms with van der Waals surface area (Å²) < 4.78 is 13.6. The van der Waals surface area contributed by atoms with Crippen LogP contribution in [0.3, 0.4) is 0 Å². The minimum absolute atomic E-state index is 0.0333. The van der Waals surface area contributed by atoms with Crippen molar-refractivity contribution in [1.29, 1.82) is 0 Å². The molecule has 2 aromatic carbocycles. The summed E-state index contributed by atoms with van der Waals surface area (Å²) in [5, 5.41) is 16.1. The molecule has 1 unspecified atom stereocenters. The minimum atomic E-state index is -0.621. The molecule has 1 aromatic heterocycles. The fourth-order valence-corrected chi connectivity index (χ4v) is 4.13. The molecule has 0 aliphatic carbocycles. The molecule has 2 aliphatic heterocycles. The Morgan fingerprint density at radius 3 is 2.75 bits per heavy atom. The van der Waals surface area contributed by atoms with Crippen LogP contribution in [0.2, 0.25) is 0 Å². The Bertz CT molecular complexity index is 1150. The van der Waals surface area contributed by atoms with Crippen molar-refractivity contribution in [3.63, 3.8) is 0 Å². The van der Waals surface area contributed by atoms with Crippen molar-refractivity contribution >= 4 is 5.69 Å². The quantitative estimate of drug-likeness (QED) is 0.498. The van der Waals surface area contributed by atoms with Crippen LogP contribution in [0, 0.1) is 17.0 Å². The molecule has 0 saturated carbocycles. The molecule has 0 radical (unpaired) electrons. The summed E-state index contributed by atoms with van der Waals surface area (Å²) in [5.74, 6) is 1.26. The number of nitro groups is 1. The van der Waals surface area contributed by atoms with Crippen LogP contribution in [0.5, 0.6) is 11.6 Å². The van der Waals surface area contributed by atoms with Gasteiger partial charge in [0.2, 0.25) is 5.88 Å². The SMILES string of the molecule is Cc1nn(-c2ccccc2)c2c1C1(C)C(=CO2)COc2ccc([N+](=O)[O-])cc21. The van der Waals surface area contributed by atoms with Crippen LogP contribution >= 0.6 is 0 Å². The number of nitro benzene ring substituents is 1. The molecule has 1 atom stereocenters. The summed E-state index contributed by atoms with van der Waals surface area (Å²) in [6.07, 6.45) is 1.69. The van der Waals surface area contributed by atoms with Crippen molar-refractivity contribution in [1.82, 2.24) is 9.78 Å². The first kappa shape index (κ1) is 16.6. The van der Waals surface area contributed by atoms with Gasteiger partial charge < -0.3 is 9.47 Å². The van der Waals surface area contributed by atoms with Crippen LogP contribution in [0.25, 0.3) is 5.69 Å². The Morgan fingerprint density at radius 1 is 1.21 bits per heavy atom. The maximum absolute atomic E-state index is 11.4. The maximum Gasteiger partial charge on any atom is 0.270 e. The molecule has 0 amide bonds. The Hall–Kier alpha value is -3.61. The van der Waals surface area contributed by atoms with E-state index in [1.54, 1.807) is 23.1 Å². The van der Waals surface area contributed by atoms with Crippen LogP contribution in [0.1, 0.15) is 23.7 Å². The predicted molar refractivity (Wildman–Crippen MR) is 102 cm³/mol. The van der Waals surface area contributed by atoms with E-state index in [-0.39, 0.29) is 10.6 Å². The second kappa shape index (κ2) is 5.69. The highest BCUT2D eigenvalue weighted by Crippen LogP contribution is 2.53. The number of benzene rings is 2. The number of nitrogens with zero attached hydrogens (tertiary/aromatic N) is 3. The lowest BCUT2D eigenvalue weighted by Gasteiger charge is -2.40. The van der Waals surface area contributed by atoms with Gasteiger partial charge in [-0.3, -0.25) is 10.1 Å². The number of para-hydroxylation sites is 1. The number of hydrogen-bond acceptors (Lipinski definition) is 5. The third kappa shape index (κ3) is 2.13. The molecule has 5 rings (SSSR count). The average Bonchev–Trinajstić information content (AvgIpc) is 3.06. The van der Waals surface area contributed by atoms with Gasteiger partial charge in [0.25, 0.3) is 5.69 Å². The van der Waals surface area contributed by atoms with E-state index in [9.17, 15) is 10.1 Å². The number of hydrogen-bond donors (Lipinski definition) is 0. The molecule has 0 bridgehead atoms. The number of ether oxygens (including phenoxy) is 2. The van der Waals surface area contributed by atoms with Gasteiger partial charge in [-0.2, -0.15) is 5.10 Å². The molecular weight excluding hydrogens is 358 g/mol. The monoisotopic (exact) mass is 375 g/mol. The first-order valence-corrected chi connectivity index (χ1v) is 8.93. The van der Waals surface area contributed by atoms with Crippen molar-refractivity contribution in [3.05, 3.63) is 87.3 Å². The summed E-state index contributed by atoms with van der Waals surface area (Å²) in [6, 6.07) is 14.5. The normalized spacial score (nSPS) is 19.4. The zero-order valence-corrected chi connectivity index (χ0v) is 15.4. The molecule has 0 fully saturated rings. The van der Waals surface area contributed by atoms with E-state index in [0.717, 1.165) is 28.1 Å². The third-order valence-corrected chi connectivity index (χ3v) is 5.57. The van der Waals surface area contributed by atoms with Crippen molar-refractivity contribution in [2.45, 2.75) is 19.3 Å². The molecule has 7 heteroatoms. The van der Waals surface area contributed by atoms with E-state index in [4.69, 9.17) is 14.6 Å². The van der Waals surface area contributed by atoms with Gasteiger partial charge in [-0.1, -0.05) is 18.2 Å². The molecule has 28 heavy (non-hydrogen) atoms. The van der Waals surface area contributed by atoms with Crippen molar-refractivity contribution in [3.8, 4) is 17.3 Å². The minimum Gasteiger partial charge on any atom is -0.489 e.